The summed E-state index contributed by atoms with van der Waals surface area (Å²) in [6.07, 6.45) is 3.23. The van der Waals surface area contributed by atoms with Crippen molar-refractivity contribution in [1.29, 1.82) is 0 Å². The molecule has 2 atom stereocenters. The maximum absolute atomic E-state index is 12.2. The number of hydrogen-bond donors (Lipinski definition) is 2. The third-order valence-electron chi connectivity index (χ3n) is 4.21. The highest BCUT2D eigenvalue weighted by molar-refractivity contribution is 5.87. The summed E-state index contributed by atoms with van der Waals surface area (Å²) < 4.78 is 0. The lowest BCUT2D eigenvalue weighted by Gasteiger charge is -2.24. The number of carbonyl (C=O) groups excluding carboxylic acids is 2. The van der Waals surface area contributed by atoms with Gasteiger partial charge in [0.05, 0.1) is 0 Å². The molecular weight excluding hydrogens is 278 g/mol. The van der Waals surface area contributed by atoms with Gasteiger partial charge in [-0.3, -0.25) is 9.59 Å². The van der Waals surface area contributed by atoms with E-state index < -0.39 is 11.9 Å². The highest BCUT2D eigenvalue weighted by Crippen LogP contribution is 2.13. The van der Waals surface area contributed by atoms with Gasteiger partial charge in [0.25, 0.3) is 0 Å². The molecule has 5 nitrogen and oxygen atoms in total. The molecule has 1 aromatic carbocycles. The summed E-state index contributed by atoms with van der Waals surface area (Å²) in [6, 6.07) is 9.13. The van der Waals surface area contributed by atoms with E-state index in [1.807, 2.05) is 30.3 Å². The standard InChI is InChI=1S/C17H25N3O2/c1-13(20-9-5-6-10-20)11-16(21)19-15(17(18)22)12-14-7-3-2-4-8-14/h2-4,7-8,13,15H,5-6,9-12H2,1H3,(H2,18,22)(H,19,21)/t13?,15-/m0/s1. The van der Waals surface area contributed by atoms with Gasteiger partial charge >= 0.3 is 0 Å². The fourth-order valence-corrected chi connectivity index (χ4v) is 2.91. The molecule has 1 saturated heterocycles. The van der Waals surface area contributed by atoms with Crippen LogP contribution in [-0.4, -0.2) is 41.9 Å². The molecule has 5 heteroatoms. The minimum atomic E-state index is -0.652. The Hall–Kier alpha value is -1.88. The largest absolute Gasteiger partial charge is 0.368 e. The van der Waals surface area contributed by atoms with Crippen LogP contribution in [0, 0.1) is 0 Å². The van der Waals surface area contributed by atoms with E-state index in [0.717, 1.165) is 18.7 Å². The van der Waals surface area contributed by atoms with Crippen LogP contribution in [0.3, 0.4) is 0 Å². The molecule has 2 rings (SSSR count). The monoisotopic (exact) mass is 303 g/mol. The highest BCUT2D eigenvalue weighted by Gasteiger charge is 2.23. The summed E-state index contributed by atoms with van der Waals surface area (Å²) in [7, 11) is 0. The molecule has 2 amide bonds. The predicted octanol–water partition coefficient (Wildman–Crippen LogP) is 1.07. The summed E-state index contributed by atoms with van der Waals surface area (Å²) in [6.45, 7) is 4.16. The van der Waals surface area contributed by atoms with Crippen LogP contribution in [-0.2, 0) is 16.0 Å². The molecule has 1 fully saturated rings. The molecule has 0 saturated carbocycles. The van der Waals surface area contributed by atoms with E-state index in [2.05, 4.69) is 17.1 Å². The number of nitrogens with two attached hydrogens (primary N) is 1. The number of primary amides is 1. The third kappa shape index (κ3) is 4.84. The van der Waals surface area contributed by atoms with E-state index in [-0.39, 0.29) is 11.9 Å². The molecule has 22 heavy (non-hydrogen) atoms. The van der Waals surface area contributed by atoms with Crippen LogP contribution in [0.15, 0.2) is 30.3 Å². The molecule has 120 valence electrons. The number of nitrogens with one attached hydrogen (secondary N) is 1. The zero-order chi connectivity index (χ0) is 15.9. The van der Waals surface area contributed by atoms with Gasteiger partial charge in [-0.25, -0.2) is 0 Å². The second kappa shape index (κ2) is 7.94. The van der Waals surface area contributed by atoms with E-state index in [4.69, 9.17) is 5.73 Å². The number of benzene rings is 1. The fraction of sp³-hybridized carbons (Fsp3) is 0.529. The summed E-state index contributed by atoms with van der Waals surface area (Å²) in [5.41, 5.74) is 6.41. The van der Waals surface area contributed by atoms with Gasteiger partial charge in [0.15, 0.2) is 0 Å². The second-order valence-electron chi connectivity index (χ2n) is 6.01. The number of amides is 2. The van der Waals surface area contributed by atoms with Crippen molar-refractivity contribution in [3.05, 3.63) is 35.9 Å². The van der Waals surface area contributed by atoms with Crippen LogP contribution in [0.2, 0.25) is 0 Å². The second-order valence-corrected chi connectivity index (χ2v) is 6.01. The van der Waals surface area contributed by atoms with Crippen LogP contribution < -0.4 is 11.1 Å². The van der Waals surface area contributed by atoms with E-state index in [9.17, 15) is 9.59 Å². The number of rotatable bonds is 7. The van der Waals surface area contributed by atoms with Gasteiger partial charge in [-0.15, -0.1) is 0 Å². The van der Waals surface area contributed by atoms with Crippen molar-refractivity contribution in [1.82, 2.24) is 10.2 Å². The number of nitrogens with zero attached hydrogens (tertiary/aromatic N) is 1. The van der Waals surface area contributed by atoms with E-state index >= 15 is 0 Å². The molecule has 0 spiro atoms. The van der Waals surface area contributed by atoms with Crippen LogP contribution in [0.1, 0.15) is 31.7 Å². The summed E-state index contributed by atoms with van der Waals surface area (Å²) >= 11 is 0. The van der Waals surface area contributed by atoms with Gasteiger partial charge in [0.2, 0.25) is 11.8 Å². The predicted molar refractivity (Wildman–Crippen MR) is 86.2 cm³/mol. The zero-order valence-electron chi connectivity index (χ0n) is 13.1. The van der Waals surface area contributed by atoms with Crippen molar-refractivity contribution in [2.24, 2.45) is 5.73 Å². The van der Waals surface area contributed by atoms with Crippen LogP contribution >= 0.6 is 0 Å². The number of hydrogen-bond acceptors (Lipinski definition) is 3. The third-order valence-corrected chi connectivity index (χ3v) is 4.21. The zero-order valence-corrected chi connectivity index (χ0v) is 13.1. The molecule has 1 aliphatic rings. The molecule has 1 aliphatic heterocycles. The molecule has 1 aromatic rings. The molecule has 0 aliphatic carbocycles. The van der Waals surface area contributed by atoms with Gasteiger partial charge in [-0.05, 0) is 38.4 Å². The fourth-order valence-electron chi connectivity index (χ4n) is 2.91. The molecule has 1 unspecified atom stereocenters. The van der Waals surface area contributed by atoms with Gasteiger partial charge < -0.3 is 16.0 Å². The topological polar surface area (TPSA) is 75.4 Å². The lowest BCUT2D eigenvalue weighted by atomic mass is 10.0. The molecule has 1 heterocycles. The van der Waals surface area contributed by atoms with Crippen LogP contribution in [0.5, 0.6) is 0 Å². The van der Waals surface area contributed by atoms with Crippen molar-refractivity contribution in [3.8, 4) is 0 Å². The maximum atomic E-state index is 12.2. The number of likely N-dealkylation sites (tertiary alicyclic amines) is 1. The first-order valence-electron chi connectivity index (χ1n) is 7.93. The Morgan fingerprint density at radius 1 is 1.23 bits per heavy atom. The Bertz CT molecular complexity index is 498. The van der Waals surface area contributed by atoms with Crippen molar-refractivity contribution in [2.45, 2.75) is 44.7 Å². The summed E-state index contributed by atoms with van der Waals surface area (Å²) in [5, 5.41) is 2.78. The molecule has 0 bridgehead atoms. The SMILES string of the molecule is CC(CC(=O)N[C@@H](Cc1ccccc1)C(N)=O)N1CCCC1. The molecule has 0 radical (unpaired) electrons. The lowest BCUT2D eigenvalue weighted by Crippen LogP contribution is -2.47. The van der Waals surface area contributed by atoms with Gasteiger partial charge in [-0.2, -0.15) is 0 Å². The van der Waals surface area contributed by atoms with Gasteiger partial charge in [0.1, 0.15) is 6.04 Å². The average molecular weight is 303 g/mol. The van der Waals surface area contributed by atoms with Gasteiger partial charge in [0, 0.05) is 18.9 Å². The molecular formula is C17H25N3O2. The number of carbonyl (C=O) groups is 2. The maximum Gasteiger partial charge on any atom is 0.240 e. The van der Waals surface area contributed by atoms with Crippen molar-refractivity contribution >= 4 is 11.8 Å². The smallest absolute Gasteiger partial charge is 0.240 e. The van der Waals surface area contributed by atoms with Crippen LogP contribution in [0.4, 0.5) is 0 Å². The van der Waals surface area contributed by atoms with E-state index in [1.165, 1.54) is 12.8 Å². The first-order chi connectivity index (χ1) is 10.6. The minimum Gasteiger partial charge on any atom is -0.368 e. The Morgan fingerprint density at radius 2 is 1.86 bits per heavy atom. The highest BCUT2D eigenvalue weighted by atomic mass is 16.2. The average Bonchev–Trinajstić information content (AvgIpc) is 3.01. The van der Waals surface area contributed by atoms with Crippen molar-refractivity contribution in [2.75, 3.05) is 13.1 Å². The summed E-state index contributed by atoms with van der Waals surface area (Å²) in [5.74, 6) is -0.606. The Morgan fingerprint density at radius 3 is 2.45 bits per heavy atom. The molecule has 3 N–H and O–H groups in total. The Kier molecular flexibility index (Phi) is 5.95. The first kappa shape index (κ1) is 16.5. The van der Waals surface area contributed by atoms with Crippen molar-refractivity contribution in [3.63, 3.8) is 0 Å². The van der Waals surface area contributed by atoms with E-state index in [1.54, 1.807) is 0 Å². The van der Waals surface area contributed by atoms with Crippen molar-refractivity contribution < 1.29 is 9.59 Å². The lowest BCUT2D eigenvalue weighted by molar-refractivity contribution is -0.128. The molecule has 0 aromatic heterocycles. The minimum absolute atomic E-state index is 0.112. The van der Waals surface area contributed by atoms with Crippen LogP contribution in [0.25, 0.3) is 0 Å². The quantitative estimate of drug-likeness (QED) is 0.791. The van der Waals surface area contributed by atoms with E-state index in [0.29, 0.717) is 12.8 Å². The Labute approximate surface area is 131 Å². The Balaban J connectivity index is 1.87. The van der Waals surface area contributed by atoms with Gasteiger partial charge in [-0.1, -0.05) is 30.3 Å². The first-order valence-corrected chi connectivity index (χ1v) is 7.93. The normalized spacial score (nSPS) is 17.9. The summed E-state index contributed by atoms with van der Waals surface area (Å²) in [4.78, 5) is 26.1.